The molecule has 2 rings (SSSR count). The highest BCUT2D eigenvalue weighted by Crippen LogP contribution is 2.20. The number of nitrogens with one attached hydrogen (secondary N) is 2. The summed E-state index contributed by atoms with van der Waals surface area (Å²) in [4.78, 5) is 12.2. The Bertz CT molecular complexity index is 430. The molecule has 2 unspecified atom stereocenters. The molecule has 0 aromatic heterocycles. The molecule has 0 saturated carbocycles. The van der Waals surface area contributed by atoms with Gasteiger partial charge in [-0.15, -0.1) is 0 Å². The molecule has 1 aromatic rings. The van der Waals surface area contributed by atoms with Crippen LogP contribution < -0.4 is 15.4 Å². The molecule has 2 N–H and O–H groups in total. The van der Waals surface area contributed by atoms with Gasteiger partial charge in [0.2, 0.25) is 5.91 Å². The van der Waals surface area contributed by atoms with Crippen LogP contribution in [0.2, 0.25) is 0 Å². The summed E-state index contributed by atoms with van der Waals surface area (Å²) in [5.74, 6) is 1.05. The van der Waals surface area contributed by atoms with Crippen molar-refractivity contribution in [2.24, 2.45) is 5.92 Å². The molecule has 0 aliphatic carbocycles. The molecular weight excluding hydrogens is 240 g/mol. The Morgan fingerprint density at radius 2 is 2.11 bits per heavy atom. The van der Waals surface area contributed by atoms with E-state index in [1.54, 1.807) is 7.11 Å². The summed E-state index contributed by atoms with van der Waals surface area (Å²) in [6.07, 6.45) is 0.919. The zero-order chi connectivity index (χ0) is 13.8. The van der Waals surface area contributed by atoms with E-state index in [9.17, 15) is 4.79 Å². The first-order valence-electron chi connectivity index (χ1n) is 6.79. The monoisotopic (exact) mass is 262 g/mol. The molecule has 1 aliphatic heterocycles. The third kappa shape index (κ3) is 3.26. The lowest BCUT2D eigenvalue weighted by molar-refractivity contribution is -0.125. The van der Waals surface area contributed by atoms with Crippen molar-refractivity contribution < 1.29 is 9.53 Å². The van der Waals surface area contributed by atoms with Crippen LogP contribution in [0.25, 0.3) is 0 Å². The van der Waals surface area contributed by atoms with Gasteiger partial charge in [0.1, 0.15) is 5.75 Å². The first-order chi connectivity index (χ1) is 9.11. The number of methoxy groups -OCH3 is 1. The van der Waals surface area contributed by atoms with Crippen LogP contribution in [-0.2, 0) is 4.79 Å². The first kappa shape index (κ1) is 13.9. The molecule has 1 fully saturated rings. The van der Waals surface area contributed by atoms with E-state index < -0.39 is 0 Å². The Morgan fingerprint density at radius 1 is 1.42 bits per heavy atom. The number of hydrogen-bond acceptors (Lipinski definition) is 3. The zero-order valence-corrected chi connectivity index (χ0v) is 11.8. The van der Waals surface area contributed by atoms with Crippen molar-refractivity contribution in [2.75, 3.05) is 13.7 Å². The summed E-state index contributed by atoms with van der Waals surface area (Å²) < 4.78 is 5.13. The molecule has 4 heteroatoms. The fourth-order valence-corrected chi connectivity index (χ4v) is 2.51. The molecule has 104 valence electrons. The third-order valence-electron chi connectivity index (χ3n) is 3.84. The van der Waals surface area contributed by atoms with Crippen LogP contribution in [0.5, 0.6) is 5.75 Å². The number of hydrogen-bond donors (Lipinski definition) is 2. The standard InChI is InChI=1S/C15H22N2O2/c1-10(12-4-6-13(19-3)7-5-12)17-15(18)14-8-9-16-11(14)2/h4-7,10-11,14,16H,8-9H2,1-3H3,(H,17,18)/t10-,11?,14?/m1/s1. The SMILES string of the molecule is COc1ccc([C@@H](C)NC(=O)C2CCNC2C)cc1. The molecule has 1 heterocycles. The number of benzene rings is 1. The van der Waals surface area contributed by atoms with Crippen LogP contribution in [0.4, 0.5) is 0 Å². The van der Waals surface area contributed by atoms with Crippen molar-refractivity contribution in [3.63, 3.8) is 0 Å². The van der Waals surface area contributed by atoms with E-state index in [4.69, 9.17) is 4.74 Å². The van der Waals surface area contributed by atoms with Crippen molar-refractivity contribution in [1.82, 2.24) is 10.6 Å². The minimum Gasteiger partial charge on any atom is -0.497 e. The predicted molar refractivity (Wildman–Crippen MR) is 75.1 cm³/mol. The molecule has 1 saturated heterocycles. The average molecular weight is 262 g/mol. The maximum absolute atomic E-state index is 12.2. The Labute approximate surface area is 114 Å². The summed E-state index contributed by atoms with van der Waals surface area (Å²) in [6.45, 7) is 5.00. The smallest absolute Gasteiger partial charge is 0.225 e. The Kier molecular flexibility index (Phi) is 4.43. The summed E-state index contributed by atoms with van der Waals surface area (Å²) in [5.41, 5.74) is 1.09. The predicted octanol–water partition coefficient (Wildman–Crippen LogP) is 1.87. The van der Waals surface area contributed by atoms with Crippen LogP contribution in [-0.4, -0.2) is 25.6 Å². The van der Waals surface area contributed by atoms with E-state index in [1.807, 2.05) is 31.2 Å². The average Bonchev–Trinajstić information content (AvgIpc) is 2.85. The van der Waals surface area contributed by atoms with Crippen LogP contribution in [0.1, 0.15) is 31.9 Å². The molecular formula is C15H22N2O2. The summed E-state index contributed by atoms with van der Waals surface area (Å²) >= 11 is 0. The van der Waals surface area contributed by atoms with Gasteiger partial charge in [-0.3, -0.25) is 4.79 Å². The van der Waals surface area contributed by atoms with E-state index in [0.29, 0.717) is 0 Å². The molecule has 1 aromatic carbocycles. The van der Waals surface area contributed by atoms with E-state index >= 15 is 0 Å². The molecule has 1 amide bonds. The summed E-state index contributed by atoms with van der Waals surface area (Å²) in [7, 11) is 1.65. The zero-order valence-electron chi connectivity index (χ0n) is 11.8. The van der Waals surface area contributed by atoms with Gasteiger partial charge in [-0.1, -0.05) is 12.1 Å². The second kappa shape index (κ2) is 6.06. The lowest BCUT2D eigenvalue weighted by Crippen LogP contribution is -2.37. The number of carbonyl (C=O) groups is 1. The maximum atomic E-state index is 12.2. The molecule has 1 aliphatic rings. The number of amides is 1. The minimum absolute atomic E-state index is 0.0196. The van der Waals surface area contributed by atoms with Gasteiger partial charge < -0.3 is 15.4 Å². The van der Waals surface area contributed by atoms with E-state index in [2.05, 4.69) is 17.6 Å². The van der Waals surface area contributed by atoms with Crippen molar-refractivity contribution in [3.05, 3.63) is 29.8 Å². The van der Waals surface area contributed by atoms with Gasteiger partial charge in [-0.25, -0.2) is 0 Å². The Hall–Kier alpha value is -1.55. The van der Waals surface area contributed by atoms with Gasteiger partial charge in [-0.2, -0.15) is 0 Å². The normalized spacial score (nSPS) is 23.9. The Balaban J connectivity index is 1.95. The van der Waals surface area contributed by atoms with Gasteiger partial charge in [-0.05, 0) is 44.5 Å². The van der Waals surface area contributed by atoms with Gasteiger partial charge in [0.25, 0.3) is 0 Å². The van der Waals surface area contributed by atoms with Crippen molar-refractivity contribution >= 4 is 5.91 Å². The van der Waals surface area contributed by atoms with Crippen LogP contribution in [0, 0.1) is 5.92 Å². The van der Waals surface area contributed by atoms with E-state index in [0.717, 1.165) is 24.3 Å². The second-order valence-electron chi connectivity index (χ2n) is 5.14. The highest BCUT2D eigenvalue weighted by atomic mass is 16.5. The number of ether oxygens (including phenoxy) is 1. The quantitative estimate of drug-likeness (QED) is 0.871. The number of rotatable bonds is 4. The van der Waals surface area contributed by atoms with E-state index in [-0.39, 0.29) is 23.9 Å². The topological polar surface area (TPSA) is 50.4 Å². The largest absolute Gasteiger partial charge is 0.497 e. The summed E-state index contributed by atoms with van der Waals surface area (Å²) in [5, 5.41) is 6.39. The highest BCUT2D eigenvalue weighted by molar-refractivity contribution is 5.80. The molecule has 3 atom stereocenters. The van der Waals surface area contributed by atoms with Gasteiger partial charge in [0.15, 0.2) is 0 Å². The molecule has 19 heavy (non-hydrogen) atoms. The lowest BCUT2D eigenvalue weighted by atomic mass is 10.00. The van der Waals surface area contributed by atoms with Gasteiger partial charge >= 0.3 is 0 Å². The third-order valence-corrected chi connectivity index (χ3v) is 3.84. The highest BCUT2D eigenvalue weighted by Gasteiger charge is 2.29. The minimum atomic E-state index is 0.0196. The molecule has 0 bridgehead atoms. The van der Waals surface area contributed by atoms with Gasteiger partial charge in [0.05, 0.1) is 19.1 Å². The fraction of sp³-hybridized carbons (Fsp3) is 0.533. The van der Waals surface area contributed by atoms with Crippen LogP contribution in [0.3, 0.4) is 0 Å². The molecule has 0 spiro atoms. The first-order valence-corrected chi connectivity index (χ1v) is 6.79. The second-order valence-corrected chi connectivity index (χ2v) is 5.14. The summed E-state index contributed by atoms with van der Waals surface area (Å²) in [6, 6.07) is 8.09. The van der Waals surface area contributed by atoms with Crippen molar-refractivity contribution in [2.45, 2.75) is 32.4 Å². The fourth-order valence-electron chi connectivity index (χ4n) is 2.51. The number of carbonyl (C=O) groups excluding carboxylic acids is 1. The van der Waals surface area contributed by atoms with E-state index in [1.165, 1.54) is 0 Å². The molecule has 0 radical (unpaired) electrons. The molecule has 4 nitrogen and oxygen atoms in total. The van der Waals surface area contributed by atoms with Gasteiger partial charge in [0, 0.05) is 6.04 Å². The van der Waals surface area contributed by atoms with Crippen LogP contribution in [0.15, 0.2) is 24.3 Å². The van der Waals surface area contributed by atoms with Crippen LogP contribution >= 0.6 is 0 Å². The lowest BCUT2D eigenvalue weighted by Gasteiger charge is -2.19. The maximum Gasteiger partial charge on any atom is 0.225 e. The van der Waals surface area contributed by atoms with Crippen molar-refractivity contribution in [3.8, 4) is 5.75 Å². The Morgan fingerprint density at radius 3 is 2.63 bits per heavy atom. The van der Waals surface area contributed by atoms with Crippen molar-refractivity contribution in [1.29, 1.82) is 0 Å².